The van der Waals surface area contributed by atoms with Crippen LogP contribution in [0.2, 0.25) is 0 Å². The standard InChI is InChI=1S/C12H11N5O/c18-5-4-17-8-9(6-15-17)11-7-14-10-2-1-3-13-12(10)16-11/h1-3,6-8,18H,4-5H2. The molecule has 0 aliphatic rings. The Morgan fingerprint density at radius 3 is 3.06 bits per heavy atom. The molecule has 0 saturated carbocycles. The minimum atomic E-state index is 0.0616. The highest BCUT2D eigenvalue weighted by atomic mass is 16.3. The summed E-state index contributed by atoms with van der Waals surface area (Å²) in [5.41, 5.74) is 2.97. The Morgan fingerprint density at radius 1 is 1.22 bits per heavy atom. The molecule has 0 atom stereocenters. The van der Waals surface area contributed by atoms with E-state index in [9.17, 15) is 0 Å². The van der Waals surface area contributed by atoms with E-state index in [-0.39, 0.29) is 6.61 Å². The molecule has 0 aliphatic heterocycles. The van der Waals surface area contributed by atoms with E-state index in [1.165, 1.54) is 0 Å². The molecule has 0 amide bonds. The Bertz CT molecular complexity index is 679. The van der Waals surface area contributed by atoms with Crippen LogP contribution in [-0.2, 0) is 6.54 Å². The molecule has 6 nitrogen and oxygen atoms in total. The third-order valence-corrected chi connectivity index (χ3v) is 2.58. The summed E-state index contributed by atoms with van der Waals surface area (Å²) in [6.07, 6.45) is 6.92. The summed E-state index contributed by atoms with van der Waals surface area (Å²) in [6, 6.07) is 3.70. The highest BCUT2D eigenvalue weighted by molar-refractivity contribution is 5.72. The van der Waals surface area contributed by atoms with Gasteiger partial charge in [0.15, 0.2) is 5.65 Å². The Kier molecular flexibility index (Phi) is 2.70. The van der Waals surface area contributed by atoms with Crippen molar-refractivity contribution < 1.29 is 5.11 Å². The number of aliphatic hydroxyl groups excluding tert-OH is 1. The number of fused-ring (bicyclic) bond motifs is 1. The second-order valence-corrected chi connectivity index (χ2v) is 3.82. The van der Waals surface area contributed by atoms with Crippen LogP contribution in [-0.4, -0.2) is 36.4 Å². The molecule has 0 saturated heterocycles. The molecule has 0 spiro atoms. The van der Waals surface area contributed by atoms with Crippen LogP contribution in [0.5, 0.6) is 0 Å². The van der Waals surface area contributed by atoms with Gasteiger partial charge in [0.2, 0.25) is 0 Å². The second kappa shape index (κ2) is 4.50. The lowest BCUT2D eigenvalue weighted by molar-refractivity contribution is 0.269. The quantitative estimate of drug-likeness (QED) is 0.736. The third kappa shape index (κ3) is 1.93. The number of aromatic nitrogens is 5. The summed E-state index contributed by atoms with van der Waals surface area (Å²) in [6.45, 7) is 0.533. The number of rotatable bonds is 3. The van der Waals surface area contributed by atoms with E-state index >= 15 is 0 Å². The van der Waals surface area contributed by atoms with Crippen molar-refractivity contribution in [3.63, 3.8) is 0 Å². The van der Waals surface area contributed by atoms with Crippen molar-refractivity contribution in [1.82, 2.24) is 24.7 Å². The Morgan fingerprint density at radius 2 is 2.17 bits per heavy atom. The summed E-state index contributed by atoms with van der Waals surface area (Å²) in [7, 11) is 0. The van der Waals surface area contributed by atoms with E-state index in [0.29, 0.717) is 12.2 Å². The minimum Gasteiger partial charge on any atom is -0.394 e. The molecule has 0 radical (unpaired) electrons. The molecule has 3 rings (SSSR count). The molecule has 3 aromatic rings. The molecule has 90 valence electrons. The van der Waals surface area contributed by atoms with Crippen molar-refractivity contribution in [2.75, 3.05) is 6.61 Å². The normalized spacial score (nSPS) is 10.9. The molecule has 3 aromatic heterocycles. The van der Waals surface area contributed by atoms with Crippen molar-refractivity contribution >= 4 is 11.2 Å². The van der Waals surface area contributed by atoms with Gasteiger partial charge in [-0.15, -0.1) is 0 Å². The molecule has 0 unspecified atom stereocenters. The van der Waals surface area contributed by atoms with E-state index in [0.717, 1.165) is 16.8 Å². The van der Waals surface area contributed by atoms with Crippen LogP contribution in [0, 0.1) is 0 Å². The van der Waals surface area contributed by atoms with Gasteiger partial charge in [0.1, 0.15) is 5.52 Å². The van der Waals surface area contributed by atoms with Crippen molar-refractivity contribution in [3.05, 3.63) is 36.9 Å². The number of nitrogens with zero attached hydrogens (tertiary/aromatic N) is 5. The van der Waals surface area contributed by atoms with Gasteiger partial charge < -0.3 is 5.11 Å². The maximum absolute atomic E-state index is 8.84. The fraction of sp³-hybridized carbons (Fsp3) is 0.167. The van der Waals surface area contributed by atoms with E-state index in [1.807, 2.05) is 18.3 Å². The first-order chi connectivity index (χ1) is 8.86. The lowest BCUT2D eigenvalue weighted by Gasteiger charge is -1.98. The van der Waals surface area contributed by atoms with Gasteiger partial charge in [0.05, 0.1) is 31.2 Å². The van der Waals surface area contributed by atoms with Gasteiger partial charge in [-0.05, 0) is 12.1 Å². The molecule has 0 aliphatic carbocycles. The average Bonchev–Trinajstić information content (AvgIpc) is 2.87. The maximum atomic E-state index is 8.84. The predicted molar refractivity (Wildman–Crippen MR) is 65.6 cm³/mol. The first-order valence-electron chi connectivity index (χ1n) is 5.58. The van der Waals surface area contributed by atoms with Crippen LogP contribution >= 0.6 is 0 Å². The van der Waals surface area contributed by atoms with Gasteiger partial charge in [0, 0.05) is 18.0 Å². The van der Waals surface area contributed by atoms with Crippen LogP contribution in [0.3, 0.4) is 0 Å². The monoisotopic (exact) mass is 241 g/mol. The van der Waals surface area contributed by atoms with Gasteiger partial charge in [-0.1, -0.05) is 0 Å². The fourth-order valence-electron chi connectivity index (χ4n) is 1.71. The SMILES string of the molecule is OCCn1cc(-c2cnc3cccnc3n2)cn1. The van der Waals surface area contributed by atoms with Crippen molar-refractivity contribution in [1.29, 1.82) is 0 Å². The van der Waals surface area contributed by atoms with Gasteiger partial charge in [-0.2, -0.15) is 5.10 Å². The van der Waals surface area contributed by atoms with Crippen LogP contribution in [0.25, 0.3) is 22.4 Å². The Hall–Kier alpha value is -2.34. The number of aliphatic hydroxyl groups is 1. The largest absolute Gasteiger partial charge is 0.394 e. The third-order valence-electron chi connectivity index (χ3n) is 2.58. The molecule has 3 heterocycles. The zero-order valence-electron chi connectivity index (χ0n) is 9.56. The van der Waals surface area contributed by atoms with Crippen molar-refractivity contribution in [3.8, 4) is 11.3 Å². The van der Waals surface area contributed by atoms with Gasteiger partial charge in [-0.25, -0.2) is 9.97 Å². The van der Waals surface area contributed by atoms with Crippen molar-refractivity contribution in [2.24, 2.45) is 0 Å². The Labute approximate surface area is 103 Å². The summed E-state index contributed by atoms with van der Waals surface area (Å²) >= 11 is 0. The van der Waals surface area contributed by atoms with E-state index in [1.54, 1.807) is 23.3 Å². The summed E-state index contributed by atoms with van der Waals surface area (Å²) in [5.74, 6) is 0. The predicted octanol–water partition coefficient (Wildman–Crippen LogP) is 0.881. The van der Waals surface area contributed by atoms with Crippen molar-refractivity contribution in [2.45, 2.75) is 6.54 Å². The number of pyridine rings is 1. The van der Waals surface area contributed by atoms with Crippen LogP contribution < -0.4 is 0 Å². The fourth-order valence-corrected chi connectivity index (χ4v) is 1.71. The van der Waals surface area contributed by atoms with Gasteiger partial charge >= 0.3 is 0 Å². The van der Waals surface area contributed by atoms with E-state index < -0.39 is 0 Å². The average molecular weight is 241 g/mol. The highest BCUT2D eigenvalue weighted by Crippen LogP contribution is 2.17. The van der Waals surface area contributed by atoms with Crippen LogP contribution in [0.15, 0.2) is 36.9 Å². The molecule has 0 fully saturated rings. The molecule has 18 heavy (non-hydrogen) atoms. The zero-order chi connectivity index (χ0) is 12.4. The molecule has 0 aromatic carbocycles. The van der Waals surface area contributed by atoms with E-state index in [4.69, 9.17) is 5.11 Å². The maximum Gasteiger partial charge on any atom is 0.178 e. The summed E-state index contributed by atoms with van der Waals surface area (Å²) in [4.78, 5) is 12.9. The summed E-state index contributed by atoms with van der Waals surface area (Å²) in [5, 5.41) is 13.0. The molecular weight excluding hydrogens is 230 g/mol. The smallest absolute Gasteiger partial charge is 0.178 e. The topological polar surface area (TPSA) is 76.7 Å². The Balaban J connectivity index is 2.02. The molecule has 1 N–H and O–H groups in total. The zero-order valence-corrected chi connectivity index (χ0v) is 9.56. The first-order valence-corrected chi connectivity index (χ1v) is 5.58. The second-order valence-electron chi connectivity index (χ2n) is 3.82. The molecule has 0 bridgehead atoms. The van der Waals surface area contributed by atoms with Crippen LogP contribution in [0.1, 0.15) is 0 Å². The minimum absolute atomic E-state index is 0.0616. The lowest BCUT2D eigenvalue weighted by Crippen LogP contribution is -2.01. The highest BCUT2D eigenvalue weighted by Gasteiger charge is 2.05. The molecule has 6 heteroatoms. The first kappa shape index (κ1) is 10.8. The summed E-state index contributed by atoms with van der Waals surface area (Å²) < 4.78 is 1.67. The van der Waals surface area contributed by atoms with Gasteiger partial charge in [0.25, 0.3) is 0 Å². The van der Waals surface area contributed by atoms with Crippen LogP contribution in [0.4, 0.5) is 0 Å². The lowest BCUT2D eigenvalue weighted by atomic mass is 10.2. The molecular formula is C12H11N5O. The number of hydrogen-bond donors (Lipinski definition) is 1. The number of hydrogen-bond acceptors (Lipinski definition) is 5. The van der Waals surface area contributed by atoms with Gasteiger partial charge in [-0.3, -0.25) is 9.67 Å². The van der Waals surface area contributed by atoms with E-state index in [2.05, 4.69) is 20.1 Å².